The summed E-state index contributed by atoms with van der Waals surface area (Å²) in [6.45, 7) is 0.344. The maximum Gasteiger partial charge on any atom is 0.220 e. The highest BCUT2D eigenvalue weighted by Crippen LogP contribution is 2.27. The molecule has 0 spiro atoms. The van der Waals surface area contributed by atoms with E-state index in [1.54, 1.807) is 6.33 Å². The standard InChI is InChI=1S/C18H24N4O2/c23-17(19-13-18(24)11-5-2-6-12-18)10-9-16-21-20-14-22(16)15-7-3-1-4-8-15/h1,3-4,7-8,14,24H,2,5-6,9-13H2,(H,19,23). The molecule has 1 aliphatic carbocycles. The molecule has 0 bridgehead atoms. The fraction of sp³-hybridized carbons (Fsp3) is 0.500. The summed E-state index contributed by atoms with van der Waals surface area (Å²) >= 11 is 0. The molecule has 0 unspecified atom stereocenters. The Morgan fingerprint density at radius 3 is 2.71 bits per heavy atom. The highest BCUT2D eigenvalue weighted by atomic mass is 16.3. The summed E-state index contributed by atoms with van der Waals surface area (Å²) in [6.07, 6.45) is 7.30. The lowest BCUT2D eigenvalue weighted by molar-refractivity contribution is -0.122. The van der Waals surface area contributed by atoms with Crippen LogP contribution in [0.5, 0.6) is 0 Å². The molecule has 128 valence electrons. The lowest BCUT2D eigenvalue weighted by atomic mass is 9.85. The molecule has 1 amide bonds. The Balaban J connectivity index is 1.51. The van der Waals surface area contributed by atoms with Gasteiger partial charge in [-0.3, -0.25) is 9.36 Å². The van der Waals surface area contributed by atoms with E-state index in [1.165, 1.54) is 6.42 Å². The van der Waals surface area contributed by atoms with E-state index in [4.69, 9.17) is 0 Å². The van der Waals surface area contributed by atoms with Crippen LogP contribution in [-0.2, 0) is 11.2 Å². The van der Waals surface area contributed by atoms with Crippen molar-refractivity contribution in [2.75, 3.05) is 6.54 Å². The largest absolute Gasteiger partial charge is 0.388 e. The van der Waals surface area contributed by atoms with Crippen LogP contribution in [0.3, 0.4) is 0 Å². The van der Waals surface area contributed by atoms with Gasteiger partial charge in [0.2, 0.25) is 5.91 Å². The molecule has 1 aromatic heterocycles. The Morgan fingerprint density at radius 1 is 1.21 bits per heavy atom. The zero-order chi connectivity index (χ0) is 16.8. The van der Waals surface area contributed by atoms with Crippen LogP contribution in [0, 0.1) is 0 Å². The van der Waals surface area contributed by atoms with Gasteiger partial charge in [-0.1, -0.05) is 37.5 Å². The molecule has 2 aromatic rings. The second-order valence-corrected chi connectivity index (χ2v) is 6.51. The van der Waals surface area contributed by atoms with Gasteiger partial charge in [-0.2, -0.15) is 0 Å². The van der Waals surface area contributed by atoms with E-state index in [2.05, 4.69) is 15.5 Å². The molecular weight excluding hydrogens is 304 g/mol. The Labute approximate surface area is 141 Å². The number of hydrogen-bond acceptors (Lipinski definition) is 4. The van der Waals surface area contributed by atoms with Crippen molar-refractivity contribution >= 4 is 5.91 Å². The summed E-state index contributed by atoms with van der Waals surface area (Å²) in [5.74, 6) is 0.698. The van der Waals surface area contributed by atoms with Gasteiger partial charge in [-0.15, -0.1) is 10.2 Å². The second kappa shape index (κ2) is 7.57. The topological polar surface area (TPSA) is 80.0 Å². The molecule has 1 saturated carbocycles. The summed E-state index contributed by atoms with van der Waals surface area (Å²) in [6, 6.07) is 9.82. The number of nitrogens with one attached hydrogen (secondary N) is 1. The van der Waals surface area contributed by atoms with E-state index < -0.39 is 5.60 Å². The molecule has 3 rings (SSSR count). The van der Waals surface area contributed by atoms with Gasteiger partial charge in [0.15, 0.2) is 0 Å². The molecular formula is C18H24N4O2. The smallest absolute Gasteiger partial charge is 0.220 e. The van der Waals surface area contributed by atoms with E-state index in [0.29, 0.717) is 19.4 Å². The first-order chi connectivity index (χ1) is 11.7. The summed E-state index contributed by atoms with van der Waals surface area (Å²) in [5, 5.41) is 21.4. The van der Waals surface area contributed by atoms with Crippen LogP contribution in [0.15, 0.2) is 36.7 Å². The maximum absolute atomic E-state index is 12.1. The second-order valence-electron chi connectivity index (χ2n) is 6.51. The number of hydrogen-bond donors (Lipinski definition) is 2. The van der Waals surface area contributed by atoms with E-state index in [0.717, 1.165) is 37.2 Å². The third-order valence-electron chi connectivity index (χ3n) is 4.63. The molecule has 1 fully saturated rings. The number of carbonyl (C=O) groups excluding carboxylic acids is 1. The Kier molecular flexibility index (Phi) is 5.25. The Morgan fingerprint density at radius 2 is 1.96 bits per heavy atom. The molecule has 1 aliphatic rings. The summed E-state index contributed by atoms with van der Waals surface area (Å²) < 4.78 is 1.89. The van der Waals surface area contributed by atoms with Crippen LogP contribution in [0.2, 0.25) is 0 Å². The van der Waals surface area contributed by atoms with Crippen LogP contribution < -0.4 is 5.32 Å². The number of aromatic nitrogens is 3. The van der Waals surface area contributed by atoms with Crippen molar-refractivity contribution in [2.24, 2.45) is 0 Å². The van der Waals surface area contributed by atoms with Crippen molar-refractivity contribution in [3.8, 4) is 5.69 Å². The molecule has 1 heterocycles. The van der Waals surface area contributed by atoms with E-state index >= 15 is 0 Å². The number of benzene rings is 1. The van der Waals surface area contributed by atoms with Crippen molar-refractivity contribution in [1.29, 1.82) is 0 Å². The van der Waals surface area contributed by atoms with Gasteiger partial charge in [0.25, 0.3) is 0 Å². The molecule has 0 atom stereocenters. The molecule has 0 saturated heterocycles. The number of aryl methyl sites for hydroxylation is 1. The van der Waals surface area contributed by atoms with Crippen molar-refractivity contribution in [2.45, 2.75) is 50.5 Å². The Hall–Kier alpha value is -2.21. The number of carbonyl (C=O) groups is 1. The highest BCUT2D eigenvalue weighted by Gasteiger charge is 2.29. The maximum atomic E-state index is 12.1. The van der Waals surface area contributed by atoms with Crippen LogP contribution in [0.4, 0.5) is 0 Å². The number of para-hydroxylation sites is 1. The molecule has 1 aromatic carbocycles. The zero-order valence-corrected chi connectivity index (χ0v) is 13.8. The third-order valence-corrected chi connectivity index (χ3v) is 4.63. The first kappa shape index (κ1) is 16.6. The van der Waals surface area contributed by atoms with Gasteiger partial charge in [0, 0.05) is 25.1 Å². The fourth-order valence-electron chi connectivity index (χ4n) is 3.20. The summed E-state index contributed by atoms with van der Waals surface area (Å²) in [7, 11) is 0. The lowest BCUT2D eigenvalue weighted by Gasteiger charge is -2.32. The number of amides is 1. The van der Waals surface area contributed by atoms with E-state index in [9.17, 15) is 9.90 Å². The first-order valence-electron chi connectivity index (χ1n) is 8.60. The predicted octanol–water partition coefficient (Wildman–Crippen LogP) is 2.01. The lowest BCUT2D eigenvalue weighted by Crippen LogP contribution is -2.44. The average molecular weight is 328 g/mol. The van der Waals surface area contributed by atoms with Gasteiger partial charge in [0.1, 0.15) is 12.2 Å². The molecule has 24 heavy (non-hydrogen) atoms. The molecule has 2 N–H and O–H groups in total. The van der Waals surface area contributed by atoms with Crippen LogP contribution >= 0.6 is 0 Å². The van der Waals surface area contributed by atoms with Crippen molar-refractivity contribution in [3.05, 3.63) is 42.5 Å². The highest BCUT2D eigenvalue weighted by molar-refractivity contribution is 5.76. The molecule has 6 nitrogen and oxygen atoms in total. The normalized spacial score (nSPS) is 16.7. The minimum Gasteiger partial charge on any atom is -0.388 e. The number of aliphatic hydroxyl groups is 1. The van der Waals surface area contributed by atoms with Crippen molar-refractivity contribution in [1.82, 2.24) is 20.1 Å². The van der Waals surface area contributed by atoms with Crippen molar-refractivity contribution in [3.63, 3.8) is 0 Å². The van der Waals surface area contributed by atoms with Crippen molar-refractivity contribution < 1.29 is 9.90 Å². The van der Waals surface area contributed by atoms with Gasteiger partial charge in [-0.25, -0.2) is 0 Å². The van der Waals surface area contributed by atoms with Gasteiger partial charge in [-0.05, 0) is 25.0 Å². The zero-order valence-electron chi connectivity index (χ0n) is 13.8. The fourth-order valence-corrected chi connectivity index (χ4v) is 3.20. The SMILES string of the molecule is O=C(CCc1nncn1-c1ccccc1)NCC1(O)CCCCC1. The van der Waals surface area contributed by atoms with Crippen LogP contribution in [0.1, 0.15) is 44.3 Å². The number of rotatable bonds is 6. The minimum absolute atomic E-state index is 0.0587. The molecule has 6 heteroatoms. The number of nitrogens with zero attached hydrogens (tertiary/aromatic N) is 3. The summed E-state index contributed by atoms with van der Waals surface area (Å²) in [4.78, 5) is 12.1. The average Bonchev–Trinajstić information content (AvgIpc) is 3.08. The predicted molar refractivity (Wildman–Crippen MR) is 90.7 cm³/mol. The van der Waals surface area contributed by atoms with Gasteiger partial charge in [0.05, 0.1) is 5.60 Å². The Bertz CT molecular complexity index is 663. The van der Waals surface area contributed by atoms with Crippen LogP contribution in [0.25, 0.3) is 5.69 Å². The minimum atomic E-state index is -0.724. The monoisotopic (exact) mass is 328 g/mol. The first-order valence-corrected chi connectivity index (χ1v) is 8.60. The van der Waals surface area contributed by atoms with E-state index in [1.807, 2.05) is 34.9 Å². The molecule has 0 radical (unpaired) electrons. The van der Waals surface area contributed by atoms with E-state index in [-0.39, 0.29) is 5.91 Å². The van der Waals surface area contributed by atoms with Gasteiger partial charge < -0.3 is 10.4 Å². The van der Waals surface area contributed by atoms with Crippen LogP contribution in [-0.4, -0.2) is 37.9 Å². The quantitative estimate of drug-likeness (QED) is 0.850. The third kappa shape index (κ3) is 4.20. The summed E-state index contributed by atoms with van der Waals surface area (Å²) in [5.41, 5.74) is 0.257. The molecule has 0 aliphatic heterocycles. The van der Waals surface area contributed by atoms with Gasteiger partial charge >= 0.3 is 0 Å².